The first kappa shape index (κ1) is 29.3. The molecule has 1 aliphatic rings. The van der Waals surface area contributed by atoms with Crippen LogP contribution >= 0.6 is 0 Å². The van der Waals surface area contributed by atoms with Gasteiger partial charge in [-0.1, -0.05) is 50.3 Å². The minimum Gasteiger partial charge on any atom is -0.460 e. The Morgan fingerprint density at radius 2 is 1.68 bits per heavy atom. The average Bonchev–Trinajstić information content (AvgIpc) is 2.77. The molecule has 2 atom stereocenters. The van der Waals surface area contributed by atoms with Gasteiger partial charge in [-0.05, 0) is 63.3 Å². The summed E-state index contributed by atoms with van der Waals surface area (Å²) < 4.78 is 74.7. The normalized spacial score (nSPS) is 16.7. The molecule has 0 unspecified atom stereocenters. The molecule has 0 saturated heterocycles. The van der Waals surface area contributed by atoms with Crippen LogP contribution in [0.1, 0.15) is 69.6 Å². The Bertz CT molecular complexity index is 1190. The van der Waals surface area contributed by atoms with Crippen molar-refractivity contribution in [1.82, 2.24) is 0 Å². The first-order chi connectivity index (χ1) is 17.5. The lowest BCUT2D eigenvalue weighted by atomic mass is 9.65. The molecule has 3 rings (SSSR count). The largest absolute Gasteiger partial charge is 0.460 e. The summed E-state index contributed by atoms with van der Waals surface area (Å²) in [7, 11) is 0. The van der Waals surface area contributed by atoms with Crippen LogP contribution in [-0.2, 0) is 20.7 Å². The van der Waals surface area contributed by atoms with Crippen molar-refractivity contribution in [3.05, 3.63) is 71.6 Å². The Morgan fingerprint density at radius 1 is 1.08 bits per heavy atom. The fourth-order valence-electron chi connectivity index (χ4n) is 4.55. The number of alkyl halides is 3. The van der Waals surface area contributed by atoms with Crippen LogP contribution in [0.2, 0.25) is 0 Å². The van der Waals surface area contributed by atoms with E-state index in [9.17, 15) is 31.5 Å². The molecule has 0 spiro atoms. The zero-order valence-corrected chi connectivity index (χ0v) is 21.8. The summed E-state index contributed by atoms with van der Waals surface area (Å²) in [5, 5.41) is 2.31. The van der Waals surface area contributed by atoms with Crippen molar-refractivity contribution in [2.24, 2.45) is 11.3 Å². The molecule has 1 amide bonds. The number of hydrogen-bond acceptors (Lipinski definition) is 3. The van der Waals surface area contributed by atoms with E-state index in [1.807, 2.05) is 0 Å². The molecule has 0 radical (unpaired) electrons. The van der Waals surface area contributed by atoms with Gasteiger partial charge in [-0.3, -0.25) is 9.59 Å². The van der Waals surface area contributed by atoms with Crippen LogP contribution in [0.15, 0.2) is 49.0 Å². The smallest absolute Gasteiger partial charge is 0.392 e. The van der Waals surface area contributed by atoms with Crippen LogP contribution in [0.25, 0.3) is 5.83 Å². The highest BCUT2D eigenvalue weighted by molar-refractivity contribution is 5.96. The second-order valence-corrected chi connectivity index (χ2v) is 11.0. The lowest BCUT2D eigenvalue weighted by Gasteiger charge is -2.41. The molecule has 1 N–H and O–H groups in total. The first-order valence-corrected chi connectivity index (χ1v) is 12.4. The van der Waals surface area contributed by atoms with E-state index >= 15 is 0 Å². The number of carbonyl (C=O) groups is 2. The molecule has 0 bridgehead atoms. The molecule has 38 heavy (non-hydrogen) atoms. The van der Waals surface area contributed by atoms with Crippen LogP contribution in [0.5, 0.6) is 0 Å². The molecule has 0 heterocycles. The minimum atomic E-state index is -4.73. The van der Waals surface area contributed by atoms with Gasteiger partial charge in [-0.15, -0.1) is 0 Å². The Balaban J connectivity index is 1.88. The maximum absolute atomic E-state index is 14.7. The molecular weight excluding hydrogens is 505 g/mol. The average molecular weight is 538 g/mol. The minimum absolute atomic E-state index is 0.00719. The SMILES string of the molecule is C=C(F)c1ccc([C@@H](C(=O)Nc2cc(CC3(C(=O)OC(C)(C)C)CCC3)ccc2F)[C@@H](C)C(F)(F)F)cc1. The Kier molecular flexibility index (Phi) is 8.39. The van der Waals surface area contributed by atoms with Crippen LogP contribution in [-0.4, -0.2) is 23.7 Å². The second-order valence-electron chi connectivity index (χ2n) is 11.0. The molecule has 0 aliphatic heterocycles. The number of rotatable bonds is 8. The monoisotopic (exact) mass is 537 g/mol. The van der Waals surface area contributed by atoms with Crippen molar-refractivity contribution < 1.29 is 36.3 Å². The molecular formula is C29H32F5NO3. The third-order valence-corrected chi connectivity index (χ3v) is 6.86. The van der Waals surface area contributed by atoms with Crippen molar-refractivity contribution in [3.8, 4) is 0 Å². The number of ether oxygens (including phenoxy) is 1. The van der Waals surface area contributed by atoms with E-state index in [1.54, 1.807) is 20.8 Å². The van der Waals surface area contributed by atoms with Crippen molar-refractivity contribution in [2.45, 2.75) is 71.1 Å². The van der Waals surface area contributed by atoms with Crippen molar-refractivity contribution in [1.29, 1.82) is 0 Å². The molecule has 0 aromatic heterocycles. The van der Waals surface area contributed by atoms with E-state index < -0.39 is 46.6 Å². The van der Waals surface area contributed by atoms with Crippen molar-refractivity contribution in [3.63, 3.8) is 0 Å². The number of nitrogens with one attached hydrogen (secondary N) is 1. The fraction of sp³-hybridized carbons (Fsp3) is 0.448. The third-order valence-electron chi connectivity index (χ3n) is 6.86. The van der Waals surface area contributed by atoms with Crippen LogP contribution in [0.3, 0.4) is 0 Å². The summed E-state index contributed by atoms with van der Waals surface area (Å²) >= 11 is 0. The molecule has 2 aromatic rings. The van der Waals surface area contributed by atoms with Gasteiger partial charge in [0.15, 0.2) is 0 Å². The quantitative estimate of drug-likeness (QED) is 0.277. The van der Waals surface area contributed by atoms with Crippen LogP contribution < -0.4 is 5.32 Å². The topological polar surface area (TPSA) is 55.4 Å². The zero-order valence-electron chi connectivity index (χ0n) is 21.8. The zero-order chi connectivity index (χ0) is 28.5. The number of benzene rings is 2. The van der Waals surface area contributed by atoms with E-state index in [0.29, 0.717) is 18.4 Å². The van der Waals surface area contributed by atoms with Gasteiger partial charge in [0.1, 0.15) is 17.2 Å². The summed E-state index contributed by atoms with van der Waals surface area (Å²) in [6, 6.07) is 8.84. The Labute approximate surface area is 219 Å². The summed E-state index contributed by atoms with van der Waals surface area (Å²) in [5.41, 5.74) is -1.14. The molecule has 1 aliphatic carbocycles. The van der Waals surface area contributed by atoms with E-state index in [2.05, 4.69) is 11.9 Å². The number of hydrogen-bond donors (Lipinski definition) is 1. The standard InChI is InChI=1S/C29H32F5NO3/c1-17(29(32,33)34)24(21-10-8-20(9-11-21)18(2)30)25(36)35-23-15-19(7-12-22(23)31)16-28(13-6-14-28)26(37)38-27(3,4)5/h7-12,15,17,24H,2,6,13-14,16H2,1,3-5H3,(H,35,36)/t17-,24+/m1/s1. The number of amides is 1. The maximum atomic E-state index is 14.7. The highest BCUT2D eigenvalue weighted by Gasteiger charge is 2.47. The van der Waals surface area contributed by atoms with Gasteiger partial charge in [0.2, 0.25) is 5.91 Å². The highest BCUT2D eigenvalue weighted by atomic mass is 19.4. The lowest BCUT2D eigenvalue weighted by molar-refractivity contribution is -0.178. The summed E-state index contributed by atoms with van der Waals surface area (Å²) in [6.45, 7) is 9.31. The number of halogens is 5. The van der Waals surface area contributed by atoms with Crippen molar-refractivity contribution in [2.75, 3.05) is 5.32 Å². The lowest BCUT2D eigenvalue weighted by Crippen LogP contribution is -2.44. The number of anilines is 1. The van der Waals surface area contributed by atoms with E-state index in [-0.39, 0.29) is 29.2 Å². The predicted molar refractivity (Wildman–Crippen MR) is 135 cm³/mol. The first-order valence-electron chi connectivity index (χ1n) is 12.4. The molecule has 206 valence electrons. The summed E-state index contributed by atoms with van der Waals surface area (Å²) in [5.74, 6) is -6.86. The maximum Gasteiger partial charge on any atom is 0.392 e. The summed E-state index contributed by atoms with van der Waals surface area (Å²) in [6.07, 6.45) is -2.48. The van der Waals surface area contributed by atoms with Gasteiger partial charge in [0.05, 0.1) is 22.9 Å². The fourth-order valence-corrected chi connectivity index (χ4v) is 4.55. The number of carbonyl (C=O) groups excluding carboxylic acids is 2. The highest BCUT2D eigenvalue weighted by Crippen LogP contribution is 2.46. The predicted octanol–water partition coefficient (Wildman–Crippen LogP) is 7.74. The molecule has 2 aromatic carbocycles. The van der Waals surface area contributed by atoms with Gasteiger partial charge in [-0.2, -0.15) is 13.2 Å². The van der Waals surface area contributed by atoms with Gasteiger partial charge in [0, 0.05) is 5.56 Å². The van der Waals surface area contributed by atoms with Crippen LogP contribution in [0, 0.1) is 17.2 Å². The number of esters is 1. The summed E-state index contributed by atoms with van der Waals surface area (Å²) in [4.78, 5) is 26.0. The van der Waals surface area contributed by atoms with E-state index in [4.69, 9.17) is 4.74 Å². The molecule has 1 fully saturated rings. The Hall–Kier alpha value is -3.23. The van der Waals surface area contributed by atoms with Gasteiger partial charge >= 0.3 is 12.1 Å². The van der Waals surface area contributed by atoms with Gasteiger partial charge < -0.3 is 10.1 Å². The van der Waals surface area contributed by atoms with Crippen LogP contribution in [0.4, 0.5) is 27.6 Å². The van der Waals surface area contributed by atoms with Gasteiger partial charge in [-0.25, -0.2) is 8.78 Å². The molecule has 9 heteroatoms. The second kappa shape index (κ2) is 10.9. The third kappa shape index (κ3) is 6.79. The molecule has 4 nitrogen and oxygen atoms in total. The van der Waals surface area contributed by atoms with E-state index in [0.717, 1.165) is 19.4 Å². The van der Waals surface area contributed by atoms with E-state index in [1.165, 1.54) is 36.4 Å². The molecule has 1 saturated carbocycles. The Morgan fingerprint density at radius 3 is 2.16 bits per heavy atom. The van der Waals surface area contributed by atoms with Gasteiger partial charge in [0.25, 0.3) is 0 Å². The van der Waals surface area contributed by atoms with Crippen molar-refractivity contribution >= 4 is 23.4 Å².